The Morgan fingerprint density at radius 3 is 2.47 bits per heavy atom. The number of esters is 1. The molecule has 0 bridgehead atoms. The second-order valence-corrected chi connectivity index (χ2v) is 10.4. The fourth-order valence-electron chi connectivity index (χ4n) is 5.83. The first kappa shape index (κ1) is 25.0. The monoisotopic (exact) mass is 473 g/mol. The molecule has 1 aromatic rings. The Bertz CT molecular complexity index is 927. The normalized spacial score (nSPS) is 33.9. The molecular formula is C27H39NO6. The van der Waals surface area contributed by atoms with Crippen LogP contribution in [0.15, 0.2) is 23.8 Å². The van der Waals surface area contributed by atoms with Gasteiger partial charge in [0.05, 0.1) is 25.7 Å². The predicted octanol–water partition coefficient (Wildman–Crippen LogP) is 4.34. The third-order valence-corrected chi connectivity index (χ3v) is 7.62. The highest BCUT2D eigenvalue weighted by Gasteiger charge is 2.72. The average molecular weight is 474 g/mol. The van der Waals surface area contributed by atoms with E-state index in [1.54, 1.807) is 14.2 Å². The fourth-order valence-corrected chi connectivity index (χ4v) is 5.83. The standard InChI is InChI=1S/C27H39NO6/c1-16(2)8-9-21-26(5,34-21)25-24(31-7)20(10-11-27(25)15-32-27)33-22(29)14-28-19-12-17(3)23(30-6)18(4)13-19/h8,12-13,20-21,24-25,28H,9-11,14-15H2,1-7H3/t20-,21-,24-,25-,26-,27+/m1/s1. The largest absolute Gasteiger partial charge is 0.496 e. The van der Waals surface area contributed by atoms with Crippen molar-refractivity contribution >= 4 is 11.7 Å². The molecule has 34 heavy (non-hydrogen) atoms. The van der Waals surface area contributed by atoms with Gasteiger partial charge < -0.3 is 29.0 Å². The van der Waals surface area contributed by atoms with E-state index in [0.29, 0.717) is 6.61 Å². The summed E-state index contributed by atoms with van der Waals surface area (Å²) >= 11 is 0. The Morgan fingerprint density at radius 1 is 1.24 bits per heavy atom. The fraction of sp³-hybridized carbons (Fsp3) is 0.667. The molecule has 7 heteroatoms. The van der Waals surface area contributed by atoms with Crippen molar-refractivity contribution in [1.29, 1.82) is 0 Å². The SMILES string of the molecule is COc1c(C)cc(NCC(=O)O[C@@H]2CC[C@]3(CO3)[C@@H]([C@]3(C)O[C@@H]3CC=C(C)C)[C@@H]2OC)cc1C. The van der Waals surface area contributed by atoms with Crippen molar-refractivity contribution in [2.24, 2.45) is 5.92 Å². The molecule has 7 nitrogen and oxygen atoms in total. The lowest BCUT2D eigenvalue weighted by molar-refractivity contribution is -0.170. The number of hydrogen-bond donors (Lipinski definition) is 1. The average Bonchev–Trinajstić information content (AvgIpc) is 3.69. The van der Waals surface area contributed by atoms with Gasteiger partial charge in [-0.3, -0.25) is 4.79 Å². The molecule has 1 N–H and O–H groups in total. The van der Waals surface area contributed by atoms with Crippen LogP contribution in [0, 0.1) is 19.8 Å². The maximum Gasteiger partial charge on any atom is 0.325 e. The molecular weight excluding hydrogens is 434 g/mol. The maximum atomic E-state index is 12.8. The first-order chi connectivity index (χ1) is 16.1. The van der Waals surface area contributed by atoms with E-state index in [9.17, 15) is 4.79 Å². The molecule has 3 fully saturated rings. The smallest absolute Gasteiger partial charge is 0.325 e. The van der Waals surface area contributed by atoms with Gasteiger partial charge in [0, 0.05) is 12.8 Å². The Hall–Kier alpha value is -2.09. The lowest BCUT2D eigenvalue weighted by atomic mass is 9.68. The van der Waals surface area contributed by atoms with Crippen molar-refractivity contribution in [1.82, 2.24) is 0 Å². The number of nitrogens with one attached hydrogen (secondary N) is 1. The third-order valence-electron chi connectivity index (χ3n) is 7.62. The number of epoxide rings is 2. The van der Waals surface area contributed by atoms with E-state index in [4.69, 9.17) is 23.7 Å². The van der Waals surface area contributed by atoms with Gasteiger partial charge in [-0.2, -0.15) is 0 Å². The zero-order chi connectivity index (χ0) is 24.7. The lowest BCUT2D eigenvalue weighted by Crippen LogP contribution is -2.55. The summed E-state index contributed by atoms with van der Waals surface area (Å²) in [4.78, 5) is 12.8. The van der Waals surface area contributed by atoms with Crippen LogP contribution in [0.2, 0.25) is 0 Å². The number of allylic oxidation sites excluding steroid dienone is 1. The van der Waals surface area contributed by atoms with Crippen LogP contribution in [0.25, 0.3) is 0 Å². The van der Waals surface area contributed by atoms with E-state index in [1.165, 1.54) is 5.57 Å². The van der Waals surface area contributed by atoms with Crippen molar-refractivity contribution in [3.63, 3.8) is 0 Å². The second-order valence-electron chi connectivity index (χ2n) is 10.4. The molecule has 1 aromatic carbocycles. The maximum absolute atomic E-state index is 12.8. The summed E-state index contributed by atoms with van der Waals surface area (Å²) in [6.07, 6.45) is 4.17. The van der Waals surface area contributed by atoms with Crippen LogP contribution in [0.5, 0.6) is 5.75 Å². The Kier molecular flexibility index (Phi) is 7.00. The molecule has 2 aliphatic heterocycles. The number of ether oxygens (including phenoxy) is 5. The highest BCUT2D eigenvalue weighted by molar-refractivity contribution is 5.75. The molecule has 4 rings (SSSR count). The highest BCUT2D eigenvalue weighted by Crippen LogP contribution is 2.59. The molecule has 1 aliphatic carbocycles. The summed E-state index contributed by atoms with van der Waals surface area (Å²) in [5.41, 5.74) is 3.61. The summed E-state index contributed by atoms with van der Waals surface area (Å²) in [6, 6.07) is 3.94. The van der Waals surface area contributed by atoms with E-state index >= 15 is 0 Å². The van der Waals surface area contributed by atoms with Crippen molar-refractivity contribution in [3.8, 4) is 5.75 Å². The van der Waals surface area contributed by atoms with Crippen molar-refractivity contribution in [3.05, 3.63) is 34.9 Å². The summed E-state index contributed by atoms with van der Waals surface area (Å²) in [6.45, 7) is 11.1. The first-order valence-electron chi connectivity index (χ1n) is 12.2. The van der Waals surface area contributed by atoms with Crippen LogP contribution in [0.3, 0.4) is 0 Å². The van der Waals surface area contributed by atoms with Crippen molar-refractivity contribution in [2.45, 2.75) is 83.4 Å². The van der Waals surface area contributed by atoms with E-state index in [0.717, 1.165) is 41.8 Å². The van der Waals surface area contributed by atoms with E-state index in [1.807, 2.05) is 26.0 Å². The number of hydrogen-bond acceptors (Lipinski definition) is 7. The van der Waals surface area contributed by atoms with Crippen molar-refractivity contribution in [2.75, 3.05) is 32.7 Å². The van der Waals surface area contributed by atoms with E-state index in [2.05, 4.69) is 32.2 Å². The van der Waals surface area contributed by atoms with Gasteiger partial charge in [-0.05, 0) is 77.1 Å². The molecule has 1 spiro atoms. The summed E-state index contributed by atoms with van der Waals surface area (Å²) in [5, 5.41) is 3.19. The second kappa shape index (κ2) is 9.51. The van der Waals surface area contributed by atoms with Crippen LogP contribution in [-0.4, -0.2) is 62.9 Å². The van der Waals surface area contributed by atoms with Gasteiger partial charge in [0.2, 0.25) is 0 Å². The summed E-state index contributed by atoms with van der Waals surface area (Å²) < 4.78 is 29.6. The molecule has 0 unspecified atom stereocenters. The van der Waals surface area contributed by atoms with Gasteiger partial charge in [0.1, 0.15) is 35.7 Å². The number of aryl methyl sites for hydroxylation is 2. The quantitative estimate of drug-likeness (QED) is 0.324. The molecule has 1 saturated carbocycles. The van der Waals surface area contributed by atoms with Crippen molar-refractivity contribution < 1.29 is 28.5 Å². The zero-order valence-electron chi connectivity index (χ0n) is 21.5. The van der Waals surface area contributed by atoms with Crippen LogP contribution in [-0.2, 0) is 23.7 Å². The molecule has 2 heterocycles. The van der Waals surface area contributed by atoms with E-state index in [-0.39, 0.29) is 47.9 Å². The predicted molar refractivity (Wildman–Crippen MR) is 130 cm³/mol. The summed E-state index contributed by atoms with van der Waals surface area (Å²) in [7, 11) is 3.36. The molecule has 0 radical (unpaired) electrons. The van der Waals surface area contributed by atoms with Gasteiger partial charge in [-0.25, -0.2) is 0 Å². The van der Waals surface area contributed by atoms with Gasteiger partial charge in [-0.15, -0.1) is 0 Å². The summed E-state index contributed by atoms with van der Waals surface area (Å²) in [5.74, 6) is 0.582. The van der Waals surface area contributed by atoms with Crippen LogP contribution >= 0.6 is 0 Å². The number of carbonyl (C=O) groups excluding carboxylic acids is 1. The molecule has 3 aliphatic rings. The van der Waals surface area contributed by atoms with Gasteiger partial charge >= 0.3 is 5.97 Å². The van der Waals surface area contributed by atoms with Crippen LogP contribution in [0.1, 0.15) is 51.2 Å². The minimum Gasteiger partial charge on any atom is -0.496 e. The number of benzene rings is 1. The number of methoxy groups -OCH3 is 2. The number of rotatable bonds is 9. The Labute approximate surface area is 203 Å². The highest BCUT2D eigenvalue weighted by atomic mass is 16.6. The molecule has 2 saturated heterocycles. The molecule has 188 valence electrons. The number of anilines is 1. The minimum absolute atomic E-state index is 0.0203. The minimum atomic E-state index is -0.343. The van der Waals surface area contributed by atoms with Gasteiger partial charge in [0.25, 0.3) is 0 Å². The Morgan fingerprint density at radius 2 is 1.91 bits per heavy atom. The topological polar surface area (TPSA) is 81.9 Å². The van der Waals surface area contributed by atoms with Gasteiger partial charge in [0.15, 0.2) is 0 Å². The lowest BCUT2D eigenvalue weighted by Gasteiger charge is -2.42. The van der Waals surface area contributed by atoms with Crippen LogP contribution < -0.4 is 10.1 Å². The molecule has 0 amide bonds. The number of carbonyl (C=O) groups is 1. The zero-order valence-corrected chi connectivity index (χ0v) is 21.5. The first-order valence-corrected chi connectivity index (χ1v) is 12.2. The Balaban J connectivity index is 1.40. The third kappa shape index (κ3) is 4.83. The van der Waals surface area contributed by atoms with E-state index < -0.39 is 0 Å². The van der Waals surface area contributed by atoms with Crippen LogP contribution in [0.4, 0.5) is 5.69 Å². The molecule has 6 atom stereocenters. The molecule has 0 aromatic heterocycles. The van der Waals surface area contributed by atoms with Gasteiger partial charge in [-0.1, -0.05) is 11.6 Å².